The Hall–Kier alpha value is -0.960. The van der Waals surface area contributed by atoms with E-state index < -0.39 is 11.6 Å². The summed E-state index contributed by atoms with van der Waals surface area (Å²) < 4.78 is 27.5. The van der Waals surface area contributed by atoms with Crippen molar-refractivity contribution in [3.8, 4) is 0 Å². The van der Waals surface area contributed by atoms with Crippen molar-refractivity contribution in [2.24, 2.45) is 11.8 Å². The minimum absolute atomic E-state index is 0.0105. The van der Waals surface area contributed by atoms with Crippen molar-refractivity contribution in [2.75, 3.05) is 7.05 Å². The van der Waals surface area contributed by atoms with E-state index in [1.807, 2.05) is 7.05 Å². The Labute approximate surface area is 120 Å². The highest BCUT2D eigenvalue weighted by atomic mass is 19.1. The van der Waals surface area contributed by atoms with Crippen molar-refractivity contribution >= 4 is 0 Å². The predicted octanol–water partition coefficient (Wildman–Crippen LogP) is 4.75. The maximum absolute atomic E-state index is 14.1. The lowest BCUT2D eigenvalue weighted by Crippen LogP contribution is -2.30. The normalized spacial score (nSPS) is 24.6. The van der Waals surface area contributed by atoms with Crippen LogP contribution in [-0.4, -0.2) is 7.05 Å². The van der Waals surface area contributed by atoms with Gasteiger partial charge in [0.2, 0.25) is 0 Å². The van der Waals surface area contributed by atoms with Crippen LogP contribution in [0.25, 0.3) is 0 Å². The van der Waals surface area contributed by atoms with Crippen LogP contribution in [0, 0.1) is 30.4 Å². The second-order valence-corrected chi connectivity index (χ2v) is 6.09. The van der Waals surface area contributed by atoms with Gasteiger partial charge in [-0.2, -0.15) is 0 Å². The lowest BCUT2D eigenvalue weighted by molar-refractivity contribution is 0.212. The molecular weight excluding hydrogens is 256 g/mol. The Kier molecular flexibility index (Phi) is 5.14. The van der Waals surface area contributed by atoms with Crippen LogP contribution in [0.4, 0.5) is 8.78 Å². The van der Waals surface area contributed by atoms with Gasteiger partial charge in [0.1, 0.15) is 11.6 Å². The summed E-state index contributed by atoms with van der Waals surface area (Å²) in [6.07, 6.45) is 5.95. The first kappa shape index (κ1) is 15.4. The van der Waals surface area contributed by atoms with Crippen LogP contribution in [0.1, 0.15) is 56.2 Å². The third-order valence-electron chi connectivity index (χ3n) is 4.80. The highest BCUT2D eigenvalue weighted by molar-refractivity contribution is 5.28. The van der Waals surface area contributed by atoms with E-state index in [4.69, 9.17) is 0 Å². The number of rotatable bonds is 4. The fourth-order valence-electron chi connectivity index (χ4n) is 3.57. The number of benzene rings is 1. The van der Waals surface area contributed by atoms with Crippen molar-refractivity contribution in [2.45, 2.75) is 52.0 Å². The highest BCUT2D eigenvalue weighted by Crippen LogP contribution is 2.39. The van der Waals surface area contributed by atoms with Crippen molar-refractivity contribution in [3.63, 3.8) is 0 Å². The molecule has 0 amide bonds. The first-order chi connectivity index (χ1) is 9.56. The first-order valence-corrected chi connectivity index (χ1v) is 7.69. The molecule has 1 aliphatic rings. The smallest absolute Gasteiger partial charge is 0.130 e. The molecule has 1 nitrogen and oxygen atoms in total. The molecule has 1 aliphatic carbocycles. The number of hydrogen-bond acceptors (Lipinski definition) is 1. The van der Waals surface area contributed by atoms with Crippen molar-refractivity contribution < 1.29 is 8.78 Å². The van der Waals surface area contributed by atoms with Crippen LogP contribution in [0.5, 0.6) is 0 Å². The van der Waals surface area contributed by atoms with E-state index in [0.29, 0.717) is 17.0 Å². The van der Waals surface area contributed by atoms with Gasteiger partial charge in [-0.05, 0) is 50.3 Å². The zero-order chi connectivity index (χ0) is 14.7. The molecule has 1 fully saturated rings. The zero-order valence-electron chi connectivity index (χ0n) is 12.7. The van der Waals surface area contributed by atoms with E-state index >= 15 is 0 Å². The van der Waals surface area contributed by atoms with Crippen LogP contribution in [0.2, 0.25) is 0 Å². The maximum atomic E-state index is 14.1. The van der Waals surface area contributed by atoms with Gasteiger partial charge in [0.15, 0.2) is 0 Å². The fourth-order valence-corrected chi connectivity index (χ4v) is 3.57. The van der Waals surface area contributed by atoms with Crippen molar-refractivity contribution in [3.05, 3.63) is 34.9 Å². The second kappa shape index (κ2) is 6.66. The zero-order valence-corrected chi connectivity index (χ0v) is 12.7. The lowest BCUT2D eigenvalue weighted by atomic mass is 9.75. The molecule has 0 radical (unpaired) electrons. The summed E-state index contributed by atoms with van der Waals surface area (Å²) >= 11 is 0. The summed E-state index contributed by atoms with van der Waals surface area (Å²) in [5.74, 6) is 0.300. The average molecular weight is 281 g/mol. The number of aryl methyl sites for hydroxylation is 1. The summed E-state index contributed by atoms with van der Waals surface area (Å²) in [6, 6.07) is 2.68. The van der Waals surface area contributed by atoms with Crippen LogP contribution in [-0.2, 0) is 0 Å². The number of halogens is 2. The highest BCUT2D eigenvalue weighted by Gasteiger charge is 2.29. The van der Waals surface area contributed by atoms with Crippen molar-refractivity contribution in [1.29, 1.82) is 0 Å². The monoisotopic (exact) mass is 281 g/mol. The Morgan fingerprint density at radius 2 is 2.00 bits per heavy atom. The second-order valence-electron chi connectivity index (χ2n) is 6.09. The number of hydrogen-bond donors (Lipinski definition) is 1. The molecule has 3 atom stereocenters. The van der Waals surface area contributed by atoms with Gasteiger partial charge in [0, 0.05) is 17.7 Å². The lowest BCUT2D eigenvalue weighted by Gasteiger charge is -2.34. The number of nitrogens with one attached hydrogen (secondary N) is 1. The minimum atomic E-state index is -0.462. The van der Waals surface area contributed by atoms with Gasteiger partial charge in [-0.3, -0.25) is 0 Å². The van der Waals surface area contributed by atoms with Crippen molar-refractivity contribution in [1.82, 2.24) is 5.32 Å². The van der Waals surface area contributed by atoms with Crippen LogP contribution in [0.3, 0.4) is 0 Å². The summed E-state index contributed by atoms with van der Waals surface area (Å²) in [6.45, 7) is 3.92. The molecular formula is C17H25F2N. The SMILES string of the molecule is CCC1CCCC(C(NC)c2cc(C)c(F)cc2F)C1. The van der Waals surface area contributed by atoms with Gasteiger partial charge in [0.05, 0.1) is 0 Å². The average Bonchev–Trinajstić information content (AvgIpc) is 2.45. The standard InChI is InChI=1S/C17H25F2N/c1-4-12-6-5-7-13(9-12)17(20-3)14-8-11(2)15(18)10-16(14)19/h8,10,12-13,17,20H,4-7,9H2,1-3H3. The van der Waals surface area contributed by atoms with Gasteiger partial charge in [-0.15, -0.1) is 0 Å². The molecule has 1 saturated carbocycles. The molecule has 1 aromatic rings. The molecule has 1 aromatic carbocycles. The molecule has 0 aliphatic heterocycles. The van der Waals surface area contributed by atoms with E-state index in [-0.39, 0.29) is 6.04 Å². The molecule has 3 heteroatoms. The summed E-state index contributed by atoms with van der Waals surface area (Å²) in [7, 11) is 1.87. The summed E-state index contributed by atoms with van der Waals surface area (Å²) in [5.41, 5.74) is 1.14. The van der Waals surface area contributed by atoms with E-state index in [9.17, 15) is 8.78 Å². The van der Waals surface area contributed by atoms with Gasteiger partial charge < -0.3 is 5.32 Å². The Morgan fingerprint density at radius 1 is 1.25 bits per heavy atom. The van der Waals surface area contributed by atoms with E-state index in [1.54, 1.807) is 13.0 Å². The molecule has 0 spiro atoms. The quantitative estimate of drug-likeness (QED) is 0.839. The first-order valence-electron chi connectivity index (χ1n) is 7.69. The fraction of sp³-hybridized carbons (Fsp3) is 0.647. The molecule has 0 bridgehead atoms. The Balaban J connectivity index is 2.25. The van der Waals surface area contributed by atoms with Gasteiger partial charge in [0.25, 0.3) is 0 Å². The molecule has 3 unspecified atom stereocenters. The van der Waals surface area contributed by atoms with Crippen LogP contribution in [0.15, 0.2) is 12.1 Å². The molecule has 20 heavy (non-hydrogen) atoms. The van der Waals surface area contributed by atoms with Gasteiger partial charge >= 0.3 is 0 Å². The maximum Gasteiger partial charge on any atom is 0.130 e. The minimum Gasteiger partial charge on any atom is -0.313 e. The molecule has 0 aromatic heterocycles. The van der Waals surface area contributed by atoms with E-state index in [1.165, 1.54) is 19.3 Å². The summed E-state index contributed by atoms with van der Waals surface area (Å²) in [5, 5.41) is 3.26. The largest absolute Gasteiger partial charge is 0.313 e. The molecule has 2 rings (SSSR count). The van der Waals surface area contributed by atoms with Crippen LogP contribution < -0.4 is 5.32 Å². The molecule has 0 saturated heterocycles. The van der Waals surface area contributed by atoms with Crippen LogP contribution >= 0.6 is 0 Å². The van der Waals surface area contributed by atoms with E-state index in [0.717, 1.165) is 24.8 Å². The third kappa shape index (κ3) is 3.20. The Morgan fingerprint density at radius 3 is 2.65 bits per heavy atom. The van der Waals surface area contributed by atoms with Gasteiger partial charge in [-0.1, -0.05) is 26.2 Å². The molecule has 0 heterocycles. The predicted molar refractivity (Wildman–Crippen MR) is 78.6 cm³/mol. The third-order valence-corrected chi connectivity index (χ3v) is 4.80. The summed E-state index contributed by atoms with van der Waals surface area (Å²) in [4.78, 5) is 0. The molecule has 1 N–H and O–H groups in total. The Bertz CT molecular complexity index is 459. The molecule has 112 valence electrons. The van der Waals surface area contributed by atoms with Gasteiger partial charge in [-0.25, -0.2) is 8.78 Å². The van der Waals surface area contributed by atoms with E-state index in [2.05, 4.69) is 12.2 Å². The topological polar surface area (TPSA) is 12.0 Å².